The molecule has 4 nitrogen and oxygen atoms in total. The number of hydrogen-bond donors (Lipinski definition) is 0. The van der Waals surface area contributed by atoms with Gasteiger partial charge in [0.05, 0.1) is 33.1 Å². The van der Waals surface area contributed by atoms with Crippen molar-refractivity contribution in [2.24, 2.45) is 0 Å². The van der Waals surface area contributed by atoms with Gasteiger partial charge in [0.2, 0.25) is 0 Å². The van der Waals surface area contributed by atoms with Crippen LogP contribution < -0.4 is 0 Å². The summed E-state index contributed by atoms with van der Waals surface area (Å²) < 4.78 is 4.74. The van der Waals surface area contributed by atoms with Crippen molar-refractivity contribution >= 4 is 54.6 Å². The molecule has 8 aromatic carbocycles. The van der Waals surface area contributed by atoms with E-state index in [1.807, 2.05) is 18.2 Å². The number of aromatic nitrogens is 4. The van der Waals surface area contributed by atoms with Crippen molar-refractivity contribution in [2.75, 3.05) is 0 Å². The lowest BCUT2D eigenvalue weighted by Crippen LogP contribution is -2.04. The van der Waals surface area contributed by atoms with E-state index >= 15 is 0 Å². The van der Waals surface area contributed by atoms with Crippen LogP contribution in [0.3, 0.4) is 0 Å². The summed E-state index contributed by atoms with van der Waals surface area (Å²) in [6.07, 6.45) is 0. The lowest BCUT2D eigenvalue weighted by Gasteiger charge is -2.15. The second-order valence-electron chi connectivity index (χ2n) is 13.8. The van der Waals surface area contributed by atoms with Gasteiger partial charge in [-0.2, -0.15) is 0 Å². The highest BCUT2D eigenvalue weighted by Gasteiger charge is 2.23. The van der Waals surface area contributed by atoms with Crippen LogP contribution in [0.4, 0.5) is 0 Å². The van der Waals surface area contributed by atoms with Crippen molar-refractivity contribution in [1.82, 2.24) is 19.1 Å². The molecule has 0 fully saturated rings. The minimum atomic E-state index is 0.807. The van der Waals surface area contributed by atoms with Gasteiger partial charge in [-0.3, -0.25) is 4.57 Å². The van der Waals surface area contributed by atoms with Crippen molar-refractivity contribution in [3.8, 4) is 45.0 Å². The van der Waals surface area contributed by atoms with Crippen LogP contribution >= 0.6 is 0 Å². The zero-order valence-electron chi connectivity index (χ0n) is 29.3. The average Bonchev–Trinajstić information content (AvgIpc) is 3.53. The predicted octanol–water partition coefficient (Wildman–Crippen LogP) is 12.8. The first-order chi connectivity index (χ1) is 26.8. The van der Waals surface area contributed by atoms with Crippen molar-refractivity contribution in [2.45, 2.75) is 0 Å². The van der Waals surface area contributed by atoms with Crippen molar-refractivity contribution in [3.05, 3.63) is 194 Å². The van der Waals surface area contributed by atoms with Gasteiger partial charge in [-0.1, -0.05) is 140 Å². The zero-order chi connectivity index (χ0) is 35.6. The van der Waals surface area contributed by atoms with Crippen LogP contribution in [-0.4, -0.2) is 19.1 Å². The first-order valence-corrected chi connectivity index (χ1v) is 18.3. The van der Waals surface area contributed by atoms with E-state index < -0.39 is 0 Å². The van der Waals surface area contributed by atoms with Gasteiger partial charge in [0, 0.05) is 27.4 Å². The standard InChI is InChI=1S/C50H32N4/c1-3-14-33(15-4-1)36-16-11-17-37(32-36)34-28-30-35(31-29-34)49-50(52-42-23-9-8-22-41(42)51-49)54-44-25-12-21-40-39-20-7-10-24-43(39)53(38-18-5-2-6-19-38)45-26-13-27-46(54)48(45)47(40)44/h1-32H. The Kier molecular flexibility index (Phi) is 6.82. The van der Waals surface area contributed by atoms with E-state index in [0.29, 0.717) is 0 Å². The number of nitrogens with zero attached hydrogens (tertiary/aromatic N) is 4. The molecule has 0 bridgehead atoms. The Labute approximate surface area is 311 Å². The largest absolute Gasteiger partial charge is 0.309 e. The summed E-state index contributed by atoms with van der Waals surface area (Å²) >= 11 is 0. The van der Waals surface area contributed by atoms with Gasteiger partial charge in [-0.15, -0.1) is 0 Å². The minimum Gasteiger partial charge on any atom is -0.309 e. The highest BCUT2D eigenvalue weighted by Crippen LogP contribution is 2.43. The molecule has 0 atom stereocenters. The lowest BCUT2D eigenvalue weighted by atomic mass is 9.98. The fourth-order valence-corrected chi connectivity index (χ4v) is 8.28. The summed E-state index contributed by atoms with van der Waals surface area (Å²) in [6.45, 7) is 0. The average molecular weight is 689 g/mol. The molecular formula is C50H32N4. The normalized spacial score (nSPS) is 11.7. The van der Waals surface area contributed by atoms with Crippen LogP contribution in [0.15, 0.2) is 194 Å². The Bertz CT molecular complexity index is 3190. The molecule has 54 heavy (non-hydrogen) atoms. The summed E-state index contributed by atoms with van der Waals surface area (Å²) in [5.74, 6) is 0.807. The molecule has 0 unspecified atom stereocenters. The molecule has 3 aromatic heterocycles. The van der Waals surface area contributed by atoms with Crippen LogP contribution in [0.5, 0.6) is 0 Å². The molecule has 0 amide bonds. The Morgan fingerprint density at radius 2 is 0.815 bits per heavy atom. The Morgan fingerprint density at radius 3 is 1.57 bits per heavy atom. The molecule has 0 aliphatic carbocycles. The summed E-state index contributed by atoms with van der Waals surface area (Å²) in [5.41, 5.74) is 13.9. The van der Waals surface area contributed by atoms with Gasteiger partial charge in [0.15, 0.2) is 5.82 Å². The molecule has 0 N–H and O–H groups in total. The fraction of sp³-hybridized carbons (Fsp3) is 0. The van der Waals surface area contributed by atoms with Crippen LogP contribution in [0.25, 0.3) is 99.7 Å². The van der Waals surface area contributed by atoms with Crippen LogP contribution in [0, 0.1) is 0 Å². The Balaban J connectivity index is 1.18. The molecule has 4 heteroatoms. The van der Waals surface area contributed by atoms with E-state index in [1.54, 1.807) is 0 Å². The molecule has 0 radical (unpaired) electrons. The van der Waals surface area contributed by atoms with Gasteiger partial charge in [-0.25, -0.2) is 9.97 Å². The zero-order valence-corrected chi connectivity index (χ0v) is 29.3. The topological polar surface area (TPSA) is 35.6 Å². The number of hydrogen-bond acceptors (Lipinski definition) is 2. The van der Waals surface area contributed by atoms with Crippen LogP contribution in [-0.2, 0) is 0 Å². The Morgan fingerprint density at radius 1 is 0.315 bits per heavy atom. The molecule has 0 spiro atoms. The molecular weight excluding hydrogens is 657 g/mol. The second kappa shape index (κ2) is 12.1. The van der Waals surface area contributed by atoms with E-state index in [9.17, 15) is 0 Å². The van der Waals surface area contributed by atoms with E-state index in [0.717, 1.165) is 61.4 Å². The SMILES string of the molecule is c1ccc(-c2cccc(-c3ccc(-c4nc5ccccc5nc4-n4c5cccc6c7ccccc7n(-c7ccccc7)c7cccc4c7c65)cc3)c2)cc1. The molecule has 252 valence electrons. The molecule has 0 saturated heterocycles. The molecule has 0 aliphatic rings. The number of benzene rings is 8. The monoisotopic (exact) mass is 688 g/mol. The lowest BCUT2D eigenvalue weighted by molar-refractivity contribution is 1.08. The van der Waals surface area contributed by atoms with Gasteiger partial charge < -0.3 is 4.57 Å². The quantitative estimate of drug-likeness (QED) is 0.180. The molecule has 0 aliphatic heterocycles. The fourth-order valence-electron chi connectivity index (χ4n) is 8.28. The first-order valence-electron chi connectivity index (χ1n) is 18.3. The number of fused-ring (bicyclic) bond motifs is 3. The van der Waals surface area contributed by atoms with Crippen LogP contribution in [0.1, 0.15) is 0 Å². The van der Waals surface area contributed by atoms with Gasteiger partial charge >= 0.3 is 0 Å². The van der Waals surface area contributed by atoms with Crippen LogP contribution in [0.2, 0.25) is 0 Å². The van der Waals surface area contributed by atoms with E-state index in [1.165, 1.54) is 38.2 Å². The molecule has 11 rings (SSSR count). The predicted molar refractivity (Wildman–Crippen MR) is 225 cm³/mol. The van der Waals surface area contributed by atoms with E-state index in [-0.39, 0.29) is 0 Å². The van der Waals surface area contributed by atoms with Gasteiger partial charge in [0.1, 0.15) is 5.69 Å². The van der Waals surface area contributed by atoms with Gasteiger partial charge in [-0.05, 0) is 82.2 Å². The third-order valence-electron chi connectivity index (χ3n) is 10.7. The second-order valence-corrected chi connectivity index (χ2v) is 13.8. The third-order valence-corrected chi connectivity index (χ3v) is 10.7. The highest BCUT2D eigenvalue weighted by molar-refractivity contribution is 6.28. The maximum absolute atomic E-state index is 5.43. The van der Waals surface area contributed by atoms with E-state index in [2.05, 4.69) is 185 Å². The summed E-state index contributed by atoms with van der Waals surface area (Å²) in [5, 5.41) is 4.80. The van der Waals surface area contributed by atoms with E-state index in [4.69, 9.17) is 9.97 Å². The van der Waals surface area contributed by atoms with Crippen molar-refractivity contribution < 1.29 is 0 Å². The minimum absolute atomic E-state index is 0.807. The van der Waals surface area contributed by atoms with Crippen molar-refractivity contribution in [3.63, 3.8) is 0 Å². The third kappa shape index (κ3) is 4.70. The maximum atomic E-state index is 5.43. The summed E-state index contributed by atoms with van der Waals surface area (Å²) in [6, 6.07) is 69.0. The highest BCUT2D eigenvalue weighted by atomic mass is 15.1. The summed E-state index contributed by atoms with van der Waals surface area (Å²) in [4.78, 5) is 10.8. The van der Waals surface area contributed by atoms with Gasteiger partial charge in [0.25, 0.3) is 0 Å². The first kappa shape index (κ1) is 30.3. The number of para-hydroxylation sites is 4. The number of rotatable bonds is 5. The summed E-state index contributed by atoms with van der Waals surface area (Å²) in [7, 11) is 0. The molecule has 0 saturated carbocycles. The Hall–Kier alpha value is -7.30. The smallest absolute Gasteiger partial charge is 0.165 e. The maximum Gasteiger partial charge on any atom is 0.165 e. The van der Waals surface area contributed by atoms with Crippen molar-refractivity contribution in [1.29, 1.82) is 0 Å². The molecule has 3 heterocycles. The molecule has 11 aromatic rings.